The van der Waals surface area contributed by atoms with Crippen LogP contribution in [0.1, 0.15) is 31.4 Å². The minimum atomic E-state index is -0.713. The number of rotatable bonds is 5. The van der Waals surface area contributed by atoms with Crippen molar-refractivity contribution in [1.82, 2.24) is 0 Å². The molecule has 0 aliphatic rings. The second-order valence-corrected chi connectivity index (χ2v) is 3.62. The van der Waals surface area contributed by atoms with E-state index in [1.54, 1.807) is 6.92 Å². The number of halogens is 2. The van der Waals surface area contributed by atoms with E-state index >= 15 is 0 Å². The van der Waals surface area contributed by atoms with Gasteiger partial charge in [0.1, 0.15) is 11.6 Å². The van der Waals surface area contributed by atoms with Gasteiger partial charge in [-0.05, 0) is 31.5 Å². The summed E-state index contributed by atoms with van der Waals surface area (Å²) < 4.78 is 31.0. The summed E-state index contributed by atoms with van der Waals surface area (Å²) in [6.45, 7) is 1.99. The van der Waals surface area contributed by atoms with Crippen LogP contribution in [-0.4, -0.2) is 12.6 Å². The molecule has 1 aromatic carbocycles. The maximum Gasteiger partial charge on any atom is 0.305 e. The molecule has 0 saturated carbocycles. The quantitative estimate of drug-likeness (QED) is 0.807. The highest BCUT2D eigenvalue weighted by molar-refractivity contribution is 5.69. The van der Waals surface area contributed by atoms with Crippen LogP contribution in [-0.2, 0) is 9.53 Å². The second-order valence-electron chi connectivity index (χ2n) is 3.62. The van der Waals surface area contributed by atoms with E-state index in [2.05, 4.69) is 0 Å². The van der Waals surface area contributed by atoms with Gasteiger partial charge >= 0.3 is 5.97 Å². The van der Waals surface area contributed by atoms with Crippen molar-refractivity contribution in [1.29, 1.82) is 0 Å². The molecule has 0 amide bonds. The summed E-state index contributed by atoms with van der Waals surface area (Å²) in [6, 6.07) is 2.38. The zero-order valence-corrected chi connectivity index (χ0v) is 9.58. The van der Waals surface area contributed by atoms with Gasteiger partial charge in [0.2, 0.25) is 0 Å². The molecule has 0 aliphatic heterocycles. The van der Waals surface area contributed by atoms with Gasteiger partial charge in [-0.3, -0.25) is 4.79 Å². The monoisotopic (exact) mass is 243 g/mol. The number of ether oxygens (including phenoxy) is 1. The molecule has 0 heterocycles. The van der Waals surface area contributed by atoms with Crippen molar-refractivity contribution in [2.24, 2.45) is 5.73 Å². The van der Waals surface area contributed by atoms with Crippen LogP contribution in [0.15, 0.2) is 18.2 Å². The van der Waals surface area contributed by atoms with Gasteiger partial charge in [0.15, 0.2) is 0 Å². The topological polar surface area (TPSA) is 52.3 Å². The number of hydrogen-bond donors (Lipinski definition) is 1. The van der Waals surface area contributed by atoms with E-state index in [0.717, 1.165) is 18.2 Å². The predicted octanol–water partition coefficient (Wildman–Crippen LogP) is 2.31. The highest BCUT2D eigenvalue weighted by Crippen LogP contribution is 2.20. The standard InChI is InChI=1S/C12H15F2NO2/c1-2-17-12(16)6-5-11(15)9-7-8(13)3-4-10(9)14/h3-4,7,11H,2,5-6,15H2,1H3. The Kier molecular flexibility index (Phi) is 5.03. The van der Waals surface area contributed by atoms with Gasteiger partial charge in [-0.2, -0.15) is 0 Å². The van der Waals surface area contributed by atoms with Crippen LogP contribution in [0, 0.1) is 11.6 Å². The molecule has 17 heavy (non-hydrogen) atoms. The zero-order chi connectivity index (χ0) is 12.8. The maximum absolute atomic E-state index is 13.3. The zero-order valence-electron chi connectivity index (χ0n) is 9.58. The lowest BCUT2D eigenvalue weighted by Gasteiger charge is -2.12. The Morgan fingerprint density at radius 1 is 1.47 bits per heavy atom. The number of esters is 1. The summed E-state index contributed by atoms with van der Waals surface area (Å²) in [5.41, 5.74) is 5.77. The first-order valence-electron chi connectivity index (χ1n) is 5.40. The van der Waals surface area contributed by atoms with Gasteiger partial charge in [-0.15, -0.1) is 0 Å². The van der Waals surface area contributed by atoms with Crippen molar-refractivity contribution in [2.75, 3.05) is 6.61 Å². The SMILES string of the molecule is CCOC(=O)CCC(N)c1cc(F)ccc1F. The fraction of sp³-hybridized carbons (Fsp3) is 0.417. The molecule has 1 unspecified atom stereocenters. The fourth-order valence-electron chi connectivity index (χ4n) is 1.46. The third-order valence-corrected chi connectivity index (χ3v) is 2.32. The normalized spacial score (nSPS) is 12.2. The number of hydrogen-bond acceptors (Lipinski definition) is 3. The molecule has 1 rings (SSSR count). The fourth-order valence-corrected chi connectivity index (χ4v) is 1.46. The molecule has 2 N–H and O–H groups in total. The van der Waals surface area contributed by atoms with Crippen molar-refractivity contribution in [2.45, 2.75) is 25.8 Å². The first kappa shape index (κ1) is 13.6. The van der Waals surface area contributed by atoms with Crippen LogP contribution in [0.2, 0.25) is 0 Å². The average Bonchev–Trinajstić information content (AvgIpc) is 2.29. The highest BCUT2D eigenvalue weighted by atomic mass is 19.1. The maximum atomic E-state index is 13.3. The Bertz CT molecular complexity index is 396. The number of carbonyl (C=O) groups is 1. The minimum Gasteiger partial charge on any atom is -0.466 e. The van der Waals surface area contributed by atoms with Gasteiger partial charge in [0.05, 0.1) is 6.61 Å². The summed E-state index contributed by atoms with van der Waals surface area (Å²) in [5.74, 6) is -1.50. The summed E-state index contributed by atoms with van der Waals surface area (Å²) in [6.07, 6.45) is 0.310. The van der Waals surface area contributed by atoms with Crippen molar-refractivity contribution in [3.63, 3.8) is 0 Å². The van der Waals surface area contributed by atoms with Crippen molar-refractivity contribution in [3.8, 4) is 0 Å². The Balaban J connectivity index is 2.60. The van der Waals surface area contributed by atoms with E-state index in [0.29, 0.717) is 6.61 Å². The van der Waals surface area contributed by atoms with Crippen LogP contribution in [0.4, 0.5) is 8.78 Å². The smallest absolute Gasteiger partial charge is 0.305 e. The molecule has 0 saturated heterocycles. The molecule has 0 aromatic heterocycles. The van der Waals surface area contributed by atoms with E-state index in [4.69, 9.17) is 10.5 Å². The number of nitrogens with two attached hydrogens (primary N) is 1. The van der Waals surface area contributed by atoms with E-state index in [9.17, 15) is 13.6 Å². The van der Waals surface area contributed by atoms with Crippen molar-refractivity contribution in [3.05, 3.63) is 35.4 Å². The van der Waals surface area contributed by atoms with E-state index in [1.807, 2.05) is 0 Å². The van der Waals surface area contributed by atoms with Crippen LogP contribution >= 0.6 is 0 Å². The number of carbonyl (C=O) groups excluding carboxylic acids is 1. The first-order valence-corrected chi connectivity index (χ1v) is 5.40. The third kappa shape index (κ3) is 4.11. The van der Waals surface area contributed by atoms with Crippen LogP contribution in [0.25, 0.3) is 0 Å². The highest BCUT2D eigenvalue weighted by Gasteiger charge is 2.14. The van der Waals surface area contributed by atoms with Crippen LogP contribution in [0.3, 0.4) is 0 Å². The molecular weight excluding hydrogens is 228 g/mol. The molecule has 0 aliphatic carbocycles. The summed E-state index contributed by atoms with van der Waals surface area (Å²) >= 11 is 0. The van der Waals surface area contributed by atoms with Gasteiger partial charge < -0.3 is 10.5 Å². The first-order chi connectivity index (χ1) is 8.04. The number of benzene rings is 1. The molecule has 3 nitrogen and oxygen atoms in total. The minimum absolute atomic E-state index is 0.0781. The van der Waals surface area contributed by atoms with E-state index in [-0.39, 0.29) is 24.4 Å². The Morgan fingerprint density at radius 3 is 2.82 bits per heavy atom. The van der Waals surface area contributed by atoms with Crippen LogP contribution in [0.5, 0.6) is 0 Å². The van der Waals surface area contributed by atoms with E-state index in [1.165, 1.54) is 0 Å². The lowest BCUT2D eigenvalue weighted by Crippen LogP contribution is -2.15. The Hall–Kier alpha value is -1.49. The third-order valence-electron chi connectivity index (χ3n) is 2.32. The summed E-state index contributed by atoms with van der Waals surface area (Å²) in [7, 11) is 0. The van der Waals surface area contributed by atoms with Gasteiger partial charge in [-0.25, -0.2) is 8.78 Å². The molecule has 0 fully saturated rings. The molecule has 0 spiro atoms. The second kappa shape index (κ2) is 6.30. The molecular formula is C12H15F2NO2. The Labute approximate surface area is 98.6 Å². The van der Waals surface area contributed by atoms with Crippen LogP contribution < -0.4 is 5.73 Å². The van der Waals surface area contributed by atoms with Crippen molar-refractivity contribution >= 4 is 5.97 Å². The summed E-state index contributed by atoms with van der Waals surface area (Å²) in [4.78, 5) is 11.1. The lowest BCUT2D eigenvalue weighted by molar-refractivity contribution is -0.143. The lowest BCUT2D eigenvalue weighted by atomic mass is 10.0. The van der Waals surface area contributed by atoms with Gasteiger partial charge in [0, 0.05) is 18.0 Å². The van der Waals surface area contributed by atoms with Crippen molar-refractivity contribution < 1.29 is 18.3 Å². The Morgan fingerprint density at radius 2 is 2.18 bits per heavy atom. The molecule has 1 aromatic rings. The van der Waals surface area contributed by atoms with Gasteiger partial charge in [0.25, 0.3) is 0 Å². The molecule has 5 heteroatoms. The molecule has 1 atom stereocenters. The average molecular weight is 243 g/mol. The van der Waals surface area contributed by atoms with Gasteiger partial charge in [-0.1, -0.05) is 0 Å². The molecule has 0 bridgehead atoms. The summed E-state index contributed by atoms with van der Waals surface area (Å²) in [5, 5.41) is 0. The largest absolute Gasteiger partial charge is 0.466 e. The predicted molar refractivity (Wildman–Crippen MR) is 59.2 cm³/mol. The molecule has 94 valence electrons. The van der Waals surface area contributed by atoms with E-state index < -0.39 is 17.7 Å². The molecule has 0 radical (unpaired) electrons.